The molecule has 2 aliphatic heterocycles. The molecule has 0 N–H and O–H groups in total. The Kier molecular flexibility index (Phi) is 5.15. The lowest BCUT2D eigenvalue weighted by molar-refractivity contribution is -0.133. The molecule has 2 rings (SSSR count). The van der Waals surface area contributed by atoms with Gasteiger partial charge in [-0.05, 0) is 13.5 Å². The van der Waals surface area contributed by atoms with Gasteiger partial charge in [0.05, 0.1) is 24.3 Å². The van der Waals surface area contributed by atoms with Gasteiger partial charge in [0.15, 0.2) is 9.84 Å². The lowest BCUT2D eigenvalue weighted by Crippen LogP contribution is -2.52. The monoisotopic (exact) mass is 353 g/mol. The molecule has 10 heteroatoms. The van der Waals surface area contributed by atoms with Crippen molar-refractivity contribution in [1.29, 1.82) is 0 Å². The maximum atomic E-state index is 12.3. The molecule has 0 saturated carbocycles. The highest BCUT2D eigenvalue weighted by molar-refractivity contribution is 7.92. The first-order chi connectivity index (χ1) is 10.1. The first kappa shape index (κ1) is 17.6. The Hall–Kier alpha value is -0.710. The van der Waals surface area contributed by atoms with Crippen LogP contribution < -0.4 is 0 Å². The van der Waals surface area contributed by atoms with Gasteiger partial charge in [-0.1, -0.05) is 0 Å². The van der Waals surface area contributed by atoms with Crippen molar-refractivity contribution in [3.63, 3.8) is 0 Å². The Labute approximate surface area is 132 Å². The fourth-order valence-electron chi connectivity index (χ4n) is 2.81. The summed E-state index contributed by atoms with van der Waals surface area (Å²) >= 11 is 0. The van der Waals surface area contributed by atoms with Crippen molar-refractivity contribution in [2.45, 2.75) is 12.5 Å². The predicted octanol–water partition coefficient (Wildman–Crippen LogP) is -1.79. The summed E-state index contributed by atoms with van der Waals surface area (Å²) in [6.07, 6.45) is 1.28. The second-order valence-electron chi connectivity index (χ2n) is 6.05. The van der Waals surface area contributed by atoms with Gasteiger partial charge in [0, 0.05) is 32.2 Å². The zero-order valence-electron chi connectivity index (χ0n) is 12.9. The van der Waals surface area contributed by atoms with E-state index in [2.05, 4.69) is 4.90 Å². The molecule has 22 heavy (non-hydrogen) atoms. The number of carbonyl (C=O) groups excluding carboxylic acids is 1. The Balaban J connectivity index is 2.06. The Morgan fingerprint density at radius 2 is 1.82 bits per heavy atom. The van der Waals surface area contributed by atoms with Gasteiger partial charge >= 0.3 is 0 Å². The van der Waals surface area contributed by atoms with Gasteiger partial charge in [-0.3, -0.25) is 4.79 Å². The fourth-order valence-corrected chi connectivity index (χ4v) is 5.70. The van der Waals surface area contributed by atoms with Gasteiger partial charge in [-0.2, -0.15) is 4.31 Å². The summed E-state index contributed by atoms with van der Waals surface area (Å²) in [5.74, 6) is -0.481. The third kappa shape index (κ3) is 4.40. The number of rotatable bonds is 4. The van der Waals surface area contributed by atoms with E-state index in [-0.39, 0.29) is 30.4 Å². The van der Waals surface area contributed by atoms with Crippen molar-refractivity contribution in [2.24, 2.45) is 0 Å². The third-order valence-electron chi connectivity index (χ3n) is 4.19. The van der Waals surface area contributed by atoms with Crippen molar-refractivity contribution in [1.82, 2.24) is 14.1 Å². The first-order valence-corrected chi connectivity index (χ1v) is 10.9. The molecule has 1 atom stereocenters. The van der Waals surface area contributed by atoms with E-state index < -0.39 is 25.9 Å². The quantitative estimate of drug-likeness (QED) is 0.592. The molecule has 1 amide bonds. The van der Waals surface area contributed by atoms with E-state index >= 15 is 0 Å². The summed E-state index contributed by atoms with van der Waals surface area (Å²) in [5.41, 5.74) is 0. The first-order valence-electron chi connectivity index (χ1n) is 7.22. The van der Waals surface area contributed by atoms with Gasteiger partial charge in [-0.15, -0.1) is 0 Å². The molecule has 2 heterocycles. The van der Waals surface area contributed by atoms with Crippen molar-refractivity contribution in [2.75, 3.05) is 57.5 Å². The summed E-state index contributed by atoms with van der Waals surface area (Å²) in [5, 5.41) is 0. The second-order valence-corrected chi connectivity index (χ2v) is 10.2. The van der Waals surface area contributed by atoms with E-state index in [1.807, 2.05) is 7.05 Å². The number of sulfone groups is 1. The topological polar surface area (TPSA) is 95.1 Å². The number of hydrogen-bond acceptors (Lipinski definition) is 6. The molecule has 2 saturated heterocycles. The Morgan fingerprint density at radius 1 is 1.23 bits per heavy atom. The van der Waals surface area contributed by atoms with E-state index in [0.717, 1.165) is 23.7 Å². The lowest BCUT2D eigenvalue weighted by Gasteiger charge is -2.34. The minimum Gasteiger partial charge on any atom is -0.339 e. The molecule has 128 valence electrons. The highest BCUT2D eigenvalue weighted by Gasteiger charge is 2.38. The minimum absolute atomic E-state index is 0.0214. The zero-order chi connectivity index (χ0) is 16.5. The molecule has 8 nitrogen and oxygen atoms in total. The molecular formula is C12H23N3O5S2. The van der Waals surface area contributed by atoms with Crippen LogP contribution in [0.4, 0.5) is 0 Å². The molecular weight excluding hydrogens is 330 g/mol. The van der Waals surface area contributed by atoms with Crippen LogP contribution in [-0.4, -0.2) is 100 Å². The molecule has 2 fully saturated rings. The van der Waals surface area contributed by atoms with Crippen LogP contribution in [-0.2, 0) is 24.7 Å². The predicted molar refractivity (Wildman–Crippen MR) is 82.7 cm³/mol. The molecule has 0 aromatic carbocycles. The van der Waals surface area contributed by atoms with Crippen LogP contribution in [0.1, 0.15) is 6.42 Å². The van der Waals surface area contributed by atoms with Gasteiger partial charge in [0.1, 0.15) is 0 Å². The smallest absolute Gasteiger partial charge is 0.237 e. The maximum Gasteiger partial charge on any atom is 0.237 e. The Morgan fingerprint density at radius 3 is 2.27 bits per heavy atom. The van der Waals surface area contributed by atoms with Crippen molar-refractivity contribution >= 4 is 25.8 Å². The molecule has 0 spiro atoms. The number of nitrogens with zero attached hydrogens (tertiary/aromatic N) is 3. The van der Waals surface area contributed by atoms with Crippen molar-refractivity contribution < 1.29 is 21.6 Å². The number of hydrogen-bond donors (Lipinski definition) is 0. The van der Waals surface area contributed by atoms with E-state index in [0.29, 0.717) is 13.1 Å². The summed E-state index contributed by atoms with van der Waals surface area (Å²) < 4.78 is 48.1. The van der Waals surface area contributed by atoms with Gasteiger partial charge in [0.25, 0.3) is 0 Å². The fraction of sp³-hybridized carbons (Fsp3) is 0.917. The maximum absolute atomic E-state index is 12.3. The summed E-state index contributed by atoms with van der Waals surface area (Å²) in [4.78, 5) is 16.1. The van der Waals surface area contributed by atoms with Gasteiger partial charge in [0.2, 0.25) is 15.9 Å². The van der Waals surface area contributed by atoms with Crippen molar-refractivity contribution in [3.8, 4) is 0 Å². The van der Waals surface area contributed by atoms with Crippen LogP contribution in [0.25, 0.3) is 0 Å². The van der Waals surface area contributed by atoms with Crippen LogP contribution in [0.2, 0.25) is 0 Å². The standard InChI is InChI=1S/C12H23N3O5S2/c1-13-4-6-14(7-5-13)12(16)9-15(21(2,17)18)11-3-8-22(19,20)10-11/h11H,3-10H2,1-2H3. The Bertz CT molecular complexity index is 623. The molecule has 2 aliphatic rings. The van der Waals surface area contributed by atoms with Gasteiger partial charge in [-0.25, -0.2) is 16.8 Å². The third-order valence-corrected chi connectivity index (χ3v) is 7.22. The lowest BCUT2D eigenvalue weighted by atomic mass is 10.2. The molecule has 0 aromatic heterocycles. The van der Waals surface area contributed by atoms with Crippen LogP contribution in [0.3, 0.4) is 0 Å². The van der Waals surface area contributed by atoms with Gasteiger partial charge < -0.3 is 9.80 Å². The van der Waals surface area contributed by atoms with E-state index in [9.17, 15) is 21.6 Å². The highest BCUT2D eigenvalue weighted by atomic mass is 32.2. The zero-order valence-corrected chi connectivity index (χ0v) is 14.6. The number of piperazine rings is 1. The summed E-state index contributed by atoms with van der Waals surface area (Å²) in [6.45, 7) is 2.36. The van der Waals surface area contributed by atoms with Crippen LogP contribution in [0.5, 0.6) is 0 Å². The number of likely N-dealkylation sites (N-methyl/N-ethyl adjacent to an activating group) is 1. The highest BCUT2D eigenvalue weighted by Crippen LogP contribution is 2.20. The van der Waals surface area contributed by atoms with E-state index in [1.165, 1.54) is 0 Å². The van der Waals surface area contributed by atoms with Crippen LogP contribution in [0, 0.1) is 0 Å². The minimum atomic E-state index is -3.63. The SMILES string of the molecule is CN1CCN(C(=O)CN(C2CCS(=O)(=O)C2)S(C)(=O)=O)CC1. The van der Waals surface area contributed by atoms with E-state index in [1.54, 1.807) is 4.90 Å². The number of amides is 1. The normalized spacial score (nSPS) is 26.5. The molecule has 0 aliphatic carbocycles. The van der Waals surface area contributed by atoms with E-state index in [4.69, 9.17) is 0 Å². The summed E-state index contributed by atoms with van der Waals surface area (Å²) in [7, 11) is -4.87. The second kappa shape index (κ2) is 6.42. The molecule has 0 aromatic rings. The number of carbonyl (C=O) groups is 1. The largest absolute Gasteiger partial charge is 0.339 e. The molecule has 1 unspecified atom stereocenters. The molecule has 0 bridgehead atoms. The average molecular weight is 353 g/mol. The average Bonchev–Trinajstić information content (AvgIpc) is 2.75. The van der Waals surface area contributed by atoms with Crippen LogP contribution >= 0.6 is 0 Å². The van der Waals surface area contributed by atoms with Crippen molar-refractivity contribution in [3.05, 3.63) is 0 Å². The number of sulfonamides is 1. The molecule has 0 radical (unpaired) electrons. The van der Waals surface area contributed by atoms with Crippen LogP contribution in [0.15, 0.2) is 0 Å². The summed E-state index contributed by atoms with van der Waals surface area (Å²) in [6, 6.07) is -0.628.